The summed E-state index contributed by atoms with van der Waals surface area (Å²) in [5.41, 5.74) is -0.237. The monoisotopic (exact) mass is 312 g/mol. The normalized spacial score (nSPS) is 13.1. The maximum atomic E-state index is 11.3. The van der Waals surface area contributed by atoms with Crippen LogP contribution in [0.25, 0.3) is 0 Å². The van der Waals surface area contributed by atoms with Gasteiger partial charge in [-0.1, -0.05) is 13.2 Å². The van der Waals surface area contributed by atoms with E-state index in [4.69, 9.17) is 0 Å². The van der Waals surface area contributed by atoms with Gasteiger partial charge in [0.05, 0.1) is 25.4 Å². The van der Waals surface area contributed by atoms with Crippen molar-refractivity contribution < 1.29 is 29.3 Å². The Kier molecular flexibility index (Phi) is 5.83. The molecule has 0 spiro atoms. The second kappa shape index (κ2) is 7.16. The molecule has 0 fully saturated rings. The summed E-state index contributed by atoms with van der Waals surface area (Å²) in [6, 6.07) is 3.04. The first-order valence-corrected chi connectivity index (χ1v) is 6.65. The SMILES string of the molecule is C=C(C(=O)OC)C(O)c1ccc(C(O)C(=C)C(=O)OC)s1. The standard InChI is InChI=1S/C14H16O6S/c1-7(13(17)19-3)11(15)9-5-6-10(21-9)12(16)8(2)14(18)20-4/h5-6,11-12,15-16H,1-2H2,3-4H3. The largest absolute Gasteiger partial charge is 0.466 e. The fraction of sp³-hybridized carbons (Fsp3) is 0.286. The molecule has 2 atom stereocenters. The third kappa shape index (κ3) is 3.78. The minimum absolute atomic E-state index is 0.118. The molecule has 0 bridgehead atoms. The summed E-state index contributed by atoms with van der Waals surface area (Å²) >= 11 is 1.02. The molecule has 0 aromatic carbocycles. The van der Waals surface area contributed by atoms with Crippen molar-refractivity contribution in [3.05, 3.63) is 46.2 Å². The number of aliphatic hydroxyl groups excluding tert-OH is 2. The van der Waals surface area contributed by atoms with Crippen LogP contribution in [0, 0.1) is 0 Å². The Morgan fingerprint density at radius 1 is 1.00 bits per heavy atom. The van der Waals surface area contributed by atoms with Crippen LogP contribution >= 0.6 is 11.3 Å². The molecule has 1 aromatic heterocycles. The van der Waals surface area contributed by atoms with Crippen molar-refractivity contribution >= 4 is 23.3 Å². The molecule has 21 heavy (non-hydrogen) atoms. The van der Waals surface area contributed by atoms with Crippen LogP contribution in [0.5, 0.6) is 0 Å². The van der Waals surface area contributed by atoms with Gasteiger partial charge < -0.3 is 19.7 Å². The van der Waals surface area contributed by atoms with E-state index in [2.05, 4.69) is 22.6 Å². The van der Waals surface area contributed by atoms with E-state index in [0.29, 0.717) is 9.75 Å². The number of esters is 2. The minimum atomic E-state index is -1.24. The average Bonchev–Trinajstić information content (AvgIpc) is 2.99. The molecule has 0 radical (unpaired) electrons. The lowest BCUT2D eigenvalue weighted by molar-refractivity contribution is -0.138. The first kappa shape index (κ1) is 17.1. The van der Waals surface area contributed by atoms with Crippen molar-refractivity contribution in [3.63, 3.8) is 0 Å². The highest BCUT2D eigenvalue weighted by atomic mass is 32.1. The van der Waals surface area contributed by atoms with Crippen LogP contribution in [-0.4, -0.2) is 36.4 Å². The van der Waals surface area contributed by atoms with E-state index >= 15 is 0 Å². The van der Waals surface area contributed by atoms with E-state index in [1.54, 1.807) is 0 Å². The average molecular weight is 312 g/mol. The second-order valence-corrected chi connectivity index (χ2v) is 5.23. The lowest BCUT2D eigenvalue weighted by atomic mass is 10.1. The number of ether oxygens (including phenoxy) is 2. The van der Waals surface area contributed by atoms with Crippen LogP contribution in [0.3, 0.4) is 0 Å². The second-order valence-electron chi connectivity index (χ2n) is 4.08. The van der Waals surface area contributed by atoms with Gasteiger partial charge in [0.1, 0.15) is 12.2 Å². The van der Waals surface area contributed by atoms with E-state index in [1.165, 1.54) is 26.4 Å². The van der Waals surface area contributed by atoms with Crippen LogP contribution in [0.15, 0.2) is 36.4 Å². The molecule has 2 unspecified atom stereocenters. The van der Waals surface area contributed by atoms with Crippen LogP contribution < -0.4 is 0 Å². The molecule has 6 nitrogen and oxygen atoms in total. The third-order valence-corrected chi connectivity index (χ3v) is 3.93. The Hall–Kier alpha value is -1.96. The van der Waals surface area contributed by atoms with Gasteiger partial charge in [-0.15, -0.1) is 11.3 Å². The summed E-state index contributed by atoms with van der Waals surface area (Å²) < 4.78 is 8.95. The smallest absolute Gasteiger partial charge is 0.336 e. The Balaban J connectivity index is 2.91. The van der Waals surface area contributed by atoms with Crippen LogP contribution in [0.4, 0.5) is 0 Å². The molecule has 1 rings (SSSR count). The van der Waals surface area contributed by atoms with E-state index < -0.39 is 24.1 Å². The molecule has 0 saturated heterocycles. The van der Waals surface area contributed by atoms with Gasteiger partial charge in [-0.2, -0.15) is 0 Å². The maximum Gasteiger partial charge on any atom is 0.336 e. The van der Waals surface area contributed by atoms with Gasteiger partial charge >= 0.3 is 11.9 Å². The predicted octanol–water partition coefficient (Wildman–Crippen LogP) is 1.27. The lowest BCUT2D eigenvalue weighted by Crippen LogP contribution is -2.11. The van der Waals surface area contributed by atoms with Crippen LogP contribution in [-0.2, 0) is 19.1 Å². The molecule has 0 aliphatic rings. The van der Waals surface area contributed by atoms with E-state index in [1.807, 2.05) is 0 Å². The molecule has 1 heterocycles. The third-order valence-electron chi connectivity index (χ3n) is 2.74. The number of hydrogen-bond acceptors (Lipinski definition) is 7. The number of carbonyl (C=O) groups excluding carboxylic acids is 2. The van der Waals surface area contributed by atoms with Gasteiger partial charge in [-0.3, -0.25) is 0 Å². The number of aliphatic hydroxyl groups is 2. The molecular formula is C14H16O6S. The van der Waals surface area contributed by atoms with E-state index in [0.717, 1.165) is 11.3 Å². The topological polar surface area (TPSA) is 93.1 Å². The van der Waals surface area contributed by atoms with Crippen molar-refractivity contribution in [2.75, 3.05) is 14.2 Å². The predicted molar refractivity (Wildman–Crippen MR) is 76.6 cm³/mol. The number of hydrogen-bond donors (Lipinski definition) is 2. The number of methoxy groups -OCH3 is 2. The molecule has 114 valence electrons. The van der Waals surface area contributed by atoms with Gasteiger partial charge in [0.15, 0.2) is 0 Å². The van der Waals surface area contributed by atoms with Crippen LogP contribution in [0.2, 0.25) is 0 Å². The summed E-state index contributed by atoms with van der Waals surface area (Å²) in [4.78, 5) is 23.4. The number of carbonyl (C=O) groups is 2. The van der Waals surface area contributed by atoms with Crippen molar-refractivity contribution in [2.45, 2.75) is 12.2 Å². The summed E-state index contributed by atoms with van der Waals surface area (Å²) in [7, 11) is 2.37. The zero-order valence-electron chi connectivity index (χ0n) is 11.7. The van der Waals surface area contributed by atoms with Crippen molar-refractivity contribution in [1.29, 1.82) is 0 Å². The molecule has 1 aromatic rings. The Morgan fingerprint density at radius 2 is 1.33 bits per heavy atom. The number of thiophene rings is 1. The van der Waals surface area contributed by atoms with Gasteiger partial charge in [0.25, 0.3) is 0 Å². The van der Waals surface area contributed by atoms with Gasteiger partial charge in [-0.25, -0.2) is 9.59 Å². The Bertz CT molecular complexity index is 525. The lowest BCUT2D eigenvalue weighted by Gasteiger charge is -2.11. The zero-order chi connectivity index (χ0) is 16.2. The van der Waals surface area contributed by atoms with Crippen molar-refractivity contribution in [2.24, 2.45) is 0 Å². The van der Waals surface area contributed by atoms with Gasteiger partial charge in [0.2, 0.25) is 0 Å². The van der Waals surface area contributed by atoms with Crippen molar-refractivity contribution in [3.8, 4) is 0 Å². The highest BCUT2D eigenvalue weighted by Gasteiger charge is 2.24. The first-order chi connectivity index (χ1) is 9.83. The summed E-state index contributed by atoms with van der Waals surface area (Å²) in [5, 5.41) is 20.0. The number of rotatable bonds is 6. The molecule has 7 heteroatoms. The Labute approximate surface area is 125 Å². The Morgan fingerprint density at radius 3 is 1.62 bits per heavy atom. The fourth-order valence-electron chi connectivity index (χ4n) is 1.49. The molecule has 0 aliphatic carbocycles. The highest BCUT2D eigenvalue weighted by Crippen LogP contribution is 2.33. The zero-order valence-corrected chi connectivity index (χ0v) is 12.5. The highest BCUT2D eigenvalue weighted by molar-refractivity contribution is 7.12. The van der Waals surface area contributed by atoms with Crippen molar-refractivity contribution in [1.82, 2.24) is 0 Å². The molecule has 0 saturated carbocycles. The quantitative estimate of drug-likeness (QED) is 0.607. The van der Waals surface area contributed by atoms with E-state index in [9.17, 15) is 19.8 Å². The summed E-state index contributed by atoms with van der Waals surface area (Å²) in [6.07, 6.45) is -2.48. The van der Waals surface area contributed by atoms with Gasteiger partial charge in [-0.05, 0) is 12.1 Å². The fourth-order valence-corrected chi connectivity index (χ4v) is 2.54. The van der Waals surface area contributed by atoms with Gasteiger partial charge in [0, 0.05) is 9.75 Å². The first-order valence-electron chi connectivity index (χ1n) is 5.83. The maximum absolute atomic E-state index is 11.3. The molecular weight excluding hydrogens is 296 g/mol. The van der Waals surface area contributed by atoms with E-state index in [-0.39, 0.29) is 11.1 Å². The minimum Gasteiger partial charge on any atom is -0.466 e. The summed E-state index contributed by atoms with van der Waals surface area (Å²) in [5.74, 6) is -1.45. The molecule has 2 N–H and O–H groups in total. The molecule has 0 aliphatic heterocycles. The molecule has 0 amide bonds. The summed E-state index contributed by atoms with van der Waals surface area (Å²) in [6.45, 7) is 6.92. The van der Waals surface area contributed by atoms with Crippen LogP contribution in [0.1, 0.15) is 22.0 Å².